The Hall–Kier alpha value is -7.63. The van der Waals surface area contributed by atoms with Crippen LogP contribution in [0.5, 0.6) is 0 Å². The zero-order chi connectivity index (χ0) is 37.0. The highest BCUT2D eigenvalue weighted by Crippen LogP contribution is 2.40. The predicted molar refractivity (Wildman–Crippen MR) is 229 cm³/mol. The number of hydrogen-bond donors (Lipinski definition) is 0. The molecule has 0 aliphatic heterocycles. The molecule has 0 aliphatic rings. The lowest BCUT2D eigenvalue weighted by Gasteiger charge is -2.12. The van der Waals surface area contributed by atoms with Crippen LogP contribution in [0.2, 0.25) is 0 Å². The molecule has 56 heavy (non-hydrogen) atoms. The maximum absolute atomic E-state index is 6.26. The van der Waals surface area contributed by atoms with Gasteiger partial charge in [-0.05, 0) is 70.8 Å². The molecular weight excluding hydrogens is 685 g/mol. The van der Waals surface area contributed by atoms with E-state index in [9.17, 15) is 0 Å². The molecule has 5 heteroatoms. The van der Waals surface area contributed by atoms with E-state index in [-0.39, 0.29) is 0 Å². The van der Waals surface area contributed by atoms with Crippen LogP contribution in [0, 0.1) is 0 Å². The van der Waals surface area contributed by atoms with E-state index >= 15 is 0 Å². The lowest BCUT2D eigenvalue weighted by atomic mass is 9.98. The molecule has 0 radical (unpaired) electrons. The Bertz CT molecular complexity index is 3220. The van der Waals surface area contributed by atoms with Gasteiger partial charge in [-0.1, -0.05) is 146 Å². The Kier molecular flexibility index (Phi) is 7.42. The van der Waals surface area contributed by atoms with Crippen molar-refractivity contribution in [1.29, 1.82) is 0 Å². The summed E-state index contributed by atoms with van der Waals surface area (Å²) in [5, 5.41) is 4.66. The van der Waals surface area contributed by atoms with Gasteiger partial charge in [-0.25, -0.2) is 15.0 Å². The molecule has 0 atom stereocenters. The van der Waals surface area contributed by atoms with Crippen molar-refractivity contribution in [2.45, 2.75) is 0 Å². The van der Waals surface area contributed by atoms with Crippen LogP contribution in [0.25, 0.3) is 106 Å². The molecule has 0 N–H and O–H groups in total. The standard InChI is InChI=1S/C51H32N4O/c1-3-12-33(13-4-1)34-22-24-36(25-23-34)50-52-49(35-14-5-2-6-15-35)53-51(54-50)37-26-29-39(30-27-37)55-44-19-9-7-16-41(44)42-31-28-38(32-45(42)55)40-18-11-21-47-48(40)43-17-8-10-20-46(43)56-47/h1-32H. The van der Waals surface area contributed by atoms with Crippen LogP contribution in [0.3, 0.4) is 0 Å². The highest BCUT2D eigenvalue weighted by atomic mass is 16.3. The molecule has 11 aromatic rings. The molecule has 0 saturated carbocycles. The molecule has 0 aliphatic carbocycles. The highest BCUT2D eigenvalue weighted by Gasteiger charge is 2.18. The Morgan fingerprint density at radius 2 is 0.839 bits per heavy atom. The van der Waals surface area contributed by atoms with Crippen LogP contribution in [-0.4, -0.2) is 19.5 Å². The number of aromatic nitrogens is 4. The molecule has 8 aromatic carbocycles. The van der Waals surface area contributed by atoms with Gasteiger partial charge >= 0.3 is 0 Å². The third kappa shape index (κ3) is 5.37. The first kappa shape index (κ1) is 31.9. The number of rotatable bonds is 6. The van der Waals surface area contributed by atoms with E-state index in [1.165, 1.54) is 16.3 Å². The number of hydrogen-bond acceptors (Lipinski definition) is 4. The maximum atomic E-state index is 6.26. The molecule has 0 unspecified atom stereocenters. The zero-order valence-electron chi connectivity index (χ0n) is 30.2. The SMILES string of the molecule is c1ccc(-c2ccc(-c3nc(-c4ccccc4)nc(-c4ccc(-n5c6ccccc6c6ccc(-c7cccc8oc9ccccc9c78)cc65)cc4)n3)cc2)cc1. The van der Waals surface area contributed by atoms with Crippen LogP contribution >= 0.6 is 0 Å². The molecule has 11 rings (SSSR count). The molecule has 0 bridgehead atoms. The number of para-hydroxylation sites is 2. The Morgan fingerprint density at radius 1 is 0.339 bits per heavy atom. The van der Waals surface area contributed by atoms with Crippen LogP contribution in [0.15, 0.2) is 199 Å². The lowest BCUT2D eigenvalue weighted by molar-refractivity contribution is 0.669. The second kappa shape index (κ2) is 13.0. The second-order valence-corrected chi connectivity index (χ2v) is 14.0. The maximum Gasteiger partial charge on any atom is 0.164 e. The third-order valence-electron chi connectivity index (χ3n) is 10.7. The molecule has 3 heterocycles. The van der Waals surface area contributed by atoms with Crippen LogP contribution in [0.4, 0.5) is 0 Å². The molecule has 262 valence electrons. The van der Waals surface area contributed by atoms with Crippen LogP contribution in [-0.2, 0) is 0 Å². The smallest absolute Gasteiger partial charge is 0.164 e. The average Bonchev–Trinajstić information content (AvgIpc) is 3.83. The van der Waals surface area contributed by atoms with Crippen molar-refractivity contribution in [3.63, 3.8) is 0 Å². The van der Waals surface area contributed by atoms with E-state index in [0.29, 0.717) is 17.5 Å². The minimum Gasteiger partial charge on any atom is -0.456 e. The van der Waals surface area contributed by atoms with E-state index in [1.807, 2.05) is 48.5 Å². The van der Waals surface area contributed by atoms with Gasteiger partial charge in [0.25, 0.3) is 0 Å². The summed E-state index contributed by atoms with van der Waals surface area (Å²) < 4.78 is 8.61. The number of nitrogens with zero attached hydrogens (tertiary/aromatic N) is 4. The van der Waals surface area contributed by atoms with Gasteiger partial charge in [0.05, 0.1) is 11.0 Å². The minimum absolute atomic E-state index is 0.623. The van der Waals surface area contributed by atoms with Crippen molar-refractivity contribution in [2.75, 3.05) is 0 Å². The molecule has 0 spiro atoms. The largest absolute Gasteiger partial charge is 0.456 e. The summed E-state index contributed by atoms with van der Waals surface area (Å²) in [4.78, 5) is 15.0. The van der Waals surface area contributed by atoms with Crippen molar-refractivity contribution >= 4 is 43.7 Å². The second-order valence-electron chi connectivity index (χ2n) is 14.0. The summed E-state index contributed by atoms with van der Waals surface area (Å²) in [6.45, 7) is 0. The summed E-state index contributed by atoms with van der Waals surface area (Å²) in [5.74, 6) is 1.89. The average molecular weight is 717 g/mol. The fourth-order valence-electron chi connectivity index (χ4n) is 7.98. The molecular formula is C51H32N4O. The van der Waals surface area contributed by atoms with Crippen molar-refractivity contribution < 1.29 is 4.42 Å². The summed E-state index contributed by atoms with van der Waals surface area (Å²) >= 11 is 0. The Labute approximate surface area is 322 Å². The zero-order valence-corrected chi connectivity index (χ0v) is 30.2. The Morgan fingerprint density at radius 3 is 1.55 bits per heavy atom. The first-order valence-electron chi connectivity index (χ1n) is 18.8. The van der Waals surface area contributed by atoms with E-state index in [2.05, 4.69) is 150 Å². The van der Waals surface area contributed by atoms with E-state index in [4.69, 9.17) is 19.4 Å². The molecule has 0 fully saturated rings. The van der Waals surface area contributed by atoms with Gasteiger partial charge in [-0.3, -0.25) is 0 Å². The summed E-state index contributed by atoms with van der Waals surface area (Å²) in [6.07, 6.45) is 0. The highest BCUT2D eigenvalue weighted by molar-refractivity contribution is 6.14. The summed E-state index contributed by atoms with van der Waals surface area (Å²) in [6, 6.07) is 67.5. The minimum atomic E-state index is 0.623. The fourth-order valence-corrected chi connectivity index (χ4v) is 7.98. The van der Waals surface area contributed by atoms with Crippen molar-refractivity contribution in [3.8, 4) is 62.1 Å². The number of benzene rings is 8. The number of furan rings is 1. The van der Waals surface area contributed by atoms with Gasteiger partial charge in [0, 0.05) is 43.9 Å². The molecule has 0 saturated heterocycles. The van der Waals surface area contributed by atoms with Crippen molar-refractivity contribution in [3.05, 3.63) is 194 Å². The van der Waals surface area contributed by atoms with Crippen molar-refractivity contribution in [2.24, 2.45) is 0 Å². The lowest BCUT2D eigenvalue weighted by Crippen LogP contribution is -2.00. The third-order valence-corrected chi connectivity index (χ3v) is 10.7. The van der Waals surface area contributed by atoms with Gasteiger partial charge < -0.3 is 8.98 Å². The summed E-state index contributed by atoms with van der Waals surface area (Å²) in [7, 11) is 0. The van der Waals surface area contributed by atoms with Crippen LogP contribution in [0.1, 0.15) is 0 Å². The molecule has 3 aromatic heterocycles. The first-order chi connectivity index (χ1) is 27.7. The van der Waals surface area contributed by atoms with Gasteiger partial charge in [0.2, 0.25) is 0 Å². The Balaban J connectivity index is 1.03. The van der Waals surface area contributed by atoms with E-state index in [0.717, 1.165) is 72.0 Å². The van der Waals surface area contributed by atoms with Gasteiger partial charge in [-0.2, -0.15) is 0 Å². The topological polar surface area (TPSA) is 56.7 Å². The van der Waals surface area contributed by atoms with Gasteiger partial charge in [0.15, 0.2) is 17.5 Å². The van der Waals surface area contributed by atoms with E-state index in [1.54, 1.807) is 0 Å². The molecule has 0 amide bonds. The normalized spacial score (nSPS) is 11.6. The predicted octanol–water partition coefficient (Wildman–Crippen LogP) is 13.2. The van der Waals surface area contributed by atoms with Crippen LogP contribution < -0.4 is 0 Å². The van der Waals surface area contributed by atoms with Gasteiger partial charge in [-0.15, -0.1) is 0 Å². The van der Waals surface area contributed by atoms with Crippen molar-refractivity contribution in [1.82, 2.24) is 19.5 Å². The van der Waals surface area contributed by atoms with E-state index < -0.39 is 0 Å². The monoisotopic (exact) mass is 716 g/mol. The quantitative estimate of drug-likeness (QED) is 0.172. The first-order valence-corrected chi connectivity index (χ1v) is 18.8. The molecule has 5 nitrogen and oxygen atoms in total. The summed E-state index contributed by atoms with van der Waals surface area (Å²) in [5.41, 5.74) is 12.5. The van der Waals surface area contributed by atoms with Gasteiger partial charge in [0.1, 0.15) is 11.2 Å². The fraction of sp³-hybridized carbons (Fsp3) is 0. The number of fused-ring (bicyclic) bond motifs is 6.